The molecule has 2 heterocycles. The zero-order valence-corrected chi connectivity index (χ0v) is 12.9. The van der Waals surface area contributed by atoms with Crippen molar-refractivity contribution in [2.75, 3.05) is 29.0 Å². The van der Waals surface area contributed by atoms with Crippen LogP contribution in [0.15, 0.2) is 12.3 Å². The van der Waals surface area contributed by atoms with Gasteiger partial charge in [-0.3, -0.25) is 4.72 Å². The molecular weight excluding hydrogens is 294 g/mol. The van der Waals surface area contributed by atoms with Gasteiger partial charge in [-0.25, -0.2) is 18.2 Å². The van der Waals surface area contributed by atoms with Gasteiger partial charge in [-0.2, -0.15) is 0 Å². The van der Waals surface area contributed by atoms with Gasteiger partial charge in [0.2, 0.25) is 10.0 Å². The lowest BCUT2D eigenvalue weighted by Crippen LogP contribution is -2.34. The van der Waals surface area contributed by atoms with E-state index in [1.807, 2.05) is 4.90 Å². The first-order valence-corrected chi connectivity index (χ1v) is 8.61. The molecule has 0 radical (unpaired) electrons. The molecule has 1 aliphatic rings. The predicted molar refractivity (Wildman–Crippen MR) is 80.3 cm³/mol. The van der Waals surface area contributed by atoms with Gasteiger partial charge in [0.25, 0.3) is 0 Å². The van der Waals surface area contributed by atoms with Crippen molar-refractivity contribution in [3.8, 4) is 0 Å². The van der Waals surface area contributed by atoms with Gasteiger partial charge in [0.05, 0.1) is 18.1 Å². The third-order valence-corrected chi connectivity index (χ3v) is 4.09. The summed E-state index contributed by atoms with van der Waals surface area (Å²) in [5.74, 6) is -0.0950. The largest absolute Gasteiger partial charge is 0.478 e. The second kappa shape index (κ2) is 5.88. The summed E-state index contributed by atoms with van der Waals surface area (Å²) < 4.78 is 24.7. The van der Waals surface area contributed by atoms with Crippen LogP contribution in [0.1, 0.15) is 30.1 Å². The molecule has 0 spiro atoms. The summed E-state index contributed by atoms with van der Waals surface area (Å²) in [6, 6.07) is 1.31. The number of piperidine rings is 1. The normalized spacial score (nSPS) is 16.8. The van der Waals surface area contributed by atoms with Gasteiger partial charge in [-0.1, -0.05) is 6.92 Å². The Morgan fingerprint density at radius 1 is 1.43 bits per heavy atom. The Labute approximate surface area is 124 Å². The van der Waals surface area contributed by atoms with Crippen molar-refractivity contribution in [3.05, 3.63) is 17.8 Å². The number of rotatable bonds is 4. The molecule has 1 saturated heterocycles. The molecule has 0 bridgehead atoms. The van der Waals surface area contributed by atoms with E-state index < -0.39 is 16.0 Å². The van der Waals surface area contributed by atoms with Gasteiger partial charge in [-0.15, -0.1) is 0 Å². The van der Waals surface area contributed by atoms with Crippen molar-refractivity contribution < 1.29 is 18.3 Å². The molecule has 21 heavy (non-hydrogen) atoms. The fraction of sp³-hybridized carbons (Fsp3) is 0.538. The Kier molecular flexibility index (Phi) is 4.36. The van der Waals surface area contributed by atoms with Crippen LogP contribution in [0.3, 0.4) is 0 Å². The van der Waals surface area contributed by atoms with Crippen molar-refractivity contribution in [2.45, 2.75) is 19.8 Å². The molecule has 7 nitrogen and oxygen atoms in total. The van der Waals surface area contributed by atoms with E-state index in [1.165, 1.54) is 12.3 Å². The van der Waals surface area contributed by atoms with Gasteiger partial charge in [-0.05, 0) is 24.8 Å². The number of aromatic carboxylic acids is 1. The second-order valence-corrected chi connectivity index (χ2v) is 7.19. The SMILES string of the molecule is CC1CCN(c2ncc(NS(C)(=O)=O)cc2C(=O)O)CC1. The summed E-state index contributed by atoms with van der Waals surface area (Å²) >= 11 is 0. The molecule has 8 heteroatoms. The molecule has 0 unspecified atom stereocenters. The zero-order chi connectivity index (χ0) is 15.6. The molecule has 2 N–H and O–H groups in total. The van der Waals surface area contributed by atoms with Crippen molar-refractivity contribution >= 4 is 27.5 Å². The fourth-order valence-corrected chi connectivity index (χ4v) is 2.90. The number of carboxylic acids is 1. The smallest absolute Gasteiger partial charge is 0.339 e. The highest BCUT2D eigenvalue weighted by atomic mass is 32.2. The van der Waals surface area contributed by atoms with Crippen LogP contribution >= 0.6 is 0 Å². The third-order valence-electron chi connectivity index (χ3n) is 3.48. The van der Waals surface area contributed by atoms with Crippen LogP contribution in [-0.2, 0) is 10.0 Å². The van der Waals surface area contributed by atoms with Crippen LogP contribution in [0.5, 0.6) is 0 Å². The lowest BCUT2D eigenvalue weighted by Gasteiger charge is -2.32. The molecule has 0 saturated carbocycles. The van der Waals surface area contributed by atoms with Crippen LogP contribution in [0.2, 0.25) is 0 Å². The molecular formula is C13H19N3O4S. The van der Waals surface area contributed by atoms with Crippen molar-refractivity contribution in [2.24, 2.45) is 5.92 Å². The van der Waals surface area contributed by atoms with E-state index in [-0.39, 0.29) is 11.3 Å². The minimum absolute atomic E-state index is 0.0122. The van der Waals surface area contributed by atoms with Crippen molar-refractivity contribution in [1.29, 1.82) is 0 Å². The second-order valence-electron chi connectivity index (χ2n) is 5.44. The fourth-order valence-electron chi connectivity index (χ4n) is 2.36. The van der Waals surface area contributed by atoms with Crippen molar-refractivity contribution in [1.82, 2.24) is 4.98 Å². The number of nitrogens with zero attached hydrogens (tertiary/aromatic N) is 2. The van der Waals surface area contributed by atoms with E-state index in [2.05, 4.69) is 16.6 Å². The quantitative estimate of drug-likeness (QED) is 0.871. The first kappa shape index (κ1) is 15.6. The first-order valence-electron chi connectivity index (χ1n) is 6.72. The van der Waals surface area contributed by atoms with E-state index in [9.17, 15) is 18.3 Å². The molecule has 1 aromatic rings. The highest BCUT2D eigenvalue weighted by Crippen LogP contribution is 2.26. The molecule has 1 aliphatic heterocycles. The van der Waals surface area contributed by atoms with E-state index >= 15 is 0 Å². The predicted octanol–water partition coefficient (Wildman–Crippen LogP) is 1.39. The number of hydrogen-bond donors (Lipinski definition) is 2. The standard InChI is InChI=1S/C13H19N3O4S/c1-9-3-5-16(6-4-9)12-11(13(17)18)7-10(8-14-12)15-21(2,19)20/h7-9,15H,3-6H2,1-2H3,(H,17,18). The third kappa shape index (κ3) is 4.07. The number of carboxylic acid groups (broad SMARTS) is 1. The van der Waals surface area contributed by atoms with E-state index in [4.69, 9.17) is 0 Å². The monoisotopic (exact) mass is 313 g/mol. The number of hydrogen-bond acceptors (Lipinski definition) is 5. The number of aromatic nitrogens is 1. The maximum atomic E-state index is 11.4. The van der Waals surface area contributed by atoms with Gasteiger partial charge >= 0.3 is 5.97 Å². The minimum Gasteiger partial charge on any atom is -0.478 e. The summed E-state index contributed by atoms with van der Waals surface area (Å²) in [5, 5.41) is 9.33. The molecule has 0 amide bonds. The van der Waals surface area contributed by atoms with E-state index in [0.717, 1.165) is 32.2 Å². The number of pyridine rings is 1. The Morgan fingerprint density at radius 2 is 2.05 bits per heavy atom. The van der Waals surface area contributed by atoms with Crippen LogP contribution in [-0.4, -0.2) is 43.8 Å². The lowest BCUT2D eigenvalue weighted by atomic mass is 9.99. The first-order chi connectivity index (χ1) is 9.76. The summed E-state index contributed by atoms with van der Waals surface area (Å²) in [5.41, 5.74) is 0.169. The zero-order valence-electron chi connectivity index (χ0n) is 12.0. The summed E-state index contributed by atoms with van der Waals surface area (Å²) in [4.78, 5) is 17.5. The molecule has 1 aromatic heterocycles. The van der Waals surface area contributed by atoms with Gasteiger partial charge < -0.3 is 10.0 Å². The summed E-state index contributed by atoms with van der Waals surface area (Å²) in [6.45, 7) is 3.68. The van der Waals surface area contributed by atoms with E-state index in [1.54, 1.807) is 0 Å². The Balaban J connectivity index is 2.31. The van der Waals surface area contributed by atoms with Gasteiger partial charge in [0.15, 0.2) is 0 Å². The van der Waals surface area contributed by atoms with Crippen LogP contribution < -0.4 is 9.62 Å². The molecule has 0 aromatic carbocycles. The highest BCUT2D eigenvalue weighted by molar-refractivity contribution is 7.92. The Bertz CT molecular complexity index is 637. The van der Waals surface area contributed by atoms with Crippen LogP contribution in [0.25, 0.3) is 0 Å². The maximum Gasteiger partial charge on any atom is 0.339 e. The van der Waals surface area contributed by atoms with E-state index in [0.29, 0.717) is 11.7 Å². The maximum absolute atomic E-state index is 11.4. The minimum atomic E-state index is -3.46. The summed E-state index contributed by atoms with van der Waals surface area (Å²) in [7, 11) is -3.46. The lowest BCUT2D eigenvalue weighted by molar-refractivity contribution is 0.0697. The highest BCUT2D eigenvalue weighted by Gasteiger charge is 2.22. The number of carbonyl (C=O) groups is 1. The van der Waals surface area contributed by atoms with Crippen molar-refractivity contribution in [3.63, 3.8) is 0 Å². The molecule has 1 fully saturated rings. The Morgan fingerprint density at radius 3 is 2.57 bits per heavy atom. The molecule has 0 aliphatic carbocycles. The average molecular weight is 313 g/mol. The topological polar surface area (TPSA) is 99.6 Å². The van der Waals surface area contributed by atoms with Crippen LogP contribution in [0, 0.1) is 5.92 Å². The average Bonchev–Trinajstić information content (AvgIpc) is 2.38. The molecule has 116 valence electrons. The number of nitrogens with one attached hydrogen (secondary N) is 1. The molecule has 2 rings (SSSR count). The number of sulfonamides is 1. The summed E-state index contributed by atoms with van der Waals surface area (Å²) in [6.07, 6.45) is 4.34. The molecule has 0 atom stereocenters. The Hall–Kier alpha value is -1.83. The van der Waals surface area contributed by atoms with Gasteiger partial charge in [0.1, 0.15) is 11.4 Å². The number of anilines is 2. The van der Waals surface area contributed by atoms with Crippen LogP contribution in [0.4, 0.5) is 11.5 Å². The van der Waals surface area contributed by atoms with Gasteiger partial charge in [0, 0.05) is 13.1 Å².